The molecule has 0 N–H and O–H groups in total. The molecule has 1 aromatic heterocycles. The van der Waals surface area contributed by atoms with E-state index < -0.39 is 0 Å². The van der Waals surface area contributed by atoms with Crippen LogP contribution < -0.4 is 0 Å². The Morgan fingerprint density at radius 2 is 2.10 bits per heavy atom. The molecule has 0 saturated carbocycles. The maximum Gasteiger partial charge on any atom is 0.0273 e. The van der Waals surface area contributed by atoms with Crippen molar-refractivity contribution in [3.8, 4) is 0 Å². The summed E-state index contributed by atoms with van der Waals surface area (Å²) in [4.78, 5) is 3.91. The first kappa shape index (κ1) is 7.48. The predicted octanol–water partition coefficient (Wildman–Crippen LogP) is 2.84. The van der Waals surface area contributed by atoms with Crippen molar-refractivity contribution in [3.63, 3.8) is 0 Å². The van der Waals surface area contributed by atoms with E-state index in [4.69, 9.17) is 0 Å². The molecule has 0 aromatic carbocycles. The number of aromatic nitrogens is 1. The maximum absolute atomic E-state index is 3.91. The van der Waals surface area contributed by atoms with Crippen molar-refractivity contribution in [3.05, 3.63) is 34.6 Å². The number of rotatable bonds is 1. The van der Waals surface area contributed by atoms with Crippen molar-refractivity contribution in [2.45, 2.75) is 6.92 Å². The lowest BCUT2D eigenvalue weighted by Crippen LogP contribution is -1.71. The molecule has 0 amide bonds. The molecule has 0 atom stereocenters. The van der Waals surface area contributed by atoms with Crippen molar-refractivity contribution in [2.75, 3.05) is 0 Å². The highest BCUT2D eigenvalue weighted by Crippen LogP contribution is 2.09. The molecule has 0 bridgehead atoms. The van der Waals surface area contributed by atoms with Crippen LogP contribution in [0.5, 0.6) is 0 Å². The smallest absolute Gasteiger partial charge is 0.0273 e. The minimum atomic E-state index is 1.12. The molecular formula is C8H8BrN. The first-order valence-electron chi connectivity index (χ1n) is 3.03. The third-order valence-electron chi connectivity index (χ3n) is 1.07. The van der Waals surface area contributed by atoms with Gasteiger partial charge in [-0.15, -0.1) is 0 Å². The Morgan fingerprint density at radius 1 is 1.50 bits per heavy atom. The zero-order chi connectivity index (χ0) is 7.40. The Hall–Kier alpha value is -0.630. The topological polar surface area (TPSA) is 12.9 Å². The molecule has 10 heavy (non-hydrogen) atoms. The van der Waals surface area contributed by atoms with Gasteiger partial charge in [0, 0.05) is 12.4 Å². The van der Waals surface area contributed by atoms with Gasteiger partial charge in [0.05, 0.1) is 0 Å². The monoisotopic (exact) mass is 197 g/mol. The highest BCUT2D eigenvalue weighted by molar-refractivity contribution is 9.11. The second-order valence-corrected chi connectivity index (χ2v) is 3.26. The first-order chi connectivity index (χ1) is 4.79. The van der Waals surface area contributed by atoms with Gasteiger partial charge in [-0.25, -0.2) is 0 Å². The summed E-state index contributed by atoms with van der Waals surface area (Å²) in [5, 5.41) is 0. The van der Waals surface area contributed by atoms with Gasteiger partial charge in [0.25, 0.3) is 0 Å². The van der Waals surface area contributed by atoms with Gasteiger partial charge in [-0.3, -0.25) is 4.98 Å². The Kier molecular flexibility index (Phi) is 2.63. The molecular weight excluding hydrogens is 190 g/mol. The van der Waals surface area contributed by atoms with E-state index in [1.807, 2.05) is 25.1 Å². The summed E-state index contributed by atoms with van der Waals surface area (Å²) in [5.74, 6) is 0. The number of halogens is 1. The van der Waals surface area contributed by atoms with E-state index in [1.165, 1.54) is 5.56 Å². The molecule has 1 heterocycles. The van der Waals surface area contributed by atoms with Crippen molar-refractivity contribution >= 4 is 22.0 Å². The summed E-state index contributed by atoms with van der Waals surface area (Å²) in [5.41, 5.74) is 1.17. The van der Waals surface area contributed by atoms with E-state index in [2.05, 4.69) is 20.9 Å². The lowest BCUT2D eigenvalue weighted by atomic mass is 10.2. The molecule has 0 saturated heterocycles. The van der Waals surface area contributed by atoms with Crippen LogP contribution in [-0.2, 0) is 0 Å². The van der Waals surface area contributed by atoms with Crippen molar-refractivity contribution in [2.24, 2.45) is 0 Å². The molecule has 1 aromatic rings. The standard InChI is InChI=1S/C8H8BrN/c1-7(9)6-8-2-4-10-5-3-8/h2-6H,1H3. The maximum atomic E-state index is 3.91. The molecule has 0 aliphatic carbocycles. The molecule has 2 heteroatoms. The molecule has 0 fully saturated rings. The Balaban J connectivity index is 2.87. The fourth-order valence-electron chi connectivity index (χ4n) is 0.689. The minimum Gasteiger partial charge on any atom is -0.265 e. The molecule has 1 nitrogen and oxygen atoms in total. The third-order valence-corrected chi connectivity index (χ3v) is 1.30. The highest BCUT2D eigenvalue weighted by atomic mass is 79.9. The van der Waals surface area contributed by atoms with Crippen LogP contribution in [0.4, 0.5) is 0 Å². The average Bonchev–Trinajstić information content (AvgIpc) is 1.88. The van der Waals surface area contributed by atoms with Crippen molar-refractivity contribution in [1.29, 1.82) is 0 Å². The summed E-state index contributed by atoms with van der Waals surface area (Å²) in [6.07, 6.45) is 5.60. The van der Waals surface area contributed by atoms with E-state index in [0.717, 1.165) is 4.48 Å². The van der Waals surface area contributed by atoms with Gasteiger partial charge in [-0.2, -0.15) is 0 Å². The van der Waals surface area contributed by atoms with Gasteiger partial charge < -0.3 is 0 Å². The molecule has 0 unspecified atom stereocenters. The Morgan fingerprint density at radius 3 is 2.60 bits per heavy atom. The fourth-order valence-corrected chi connectivity index (χ4v) is 0.954. The van der Waals surface area contributed by atoms with Crippen LogP contribution in [0.15, 0.2) is 29.0 Å². The number of hydrogen-bond donors (Lipinski definition) is 0. The van der Waals surface area contributed by atoms with E-state index in [1.54, 1.807) is 12.4 Å². The molecule has 0 radical (unpaired) electrons. The van der Waals surface area contributed by atoms with E-state index >= 15 is 0 Å². The highest BCUT2D eigenvalue weighted by Gasteiger charge is 1.83. The van der Waals surface area contributed by atoms with Gasteiger partial charge in [-0.1, -0.05) is 15.9 Å². The number of allylic oxidation sites excluding steroid dienone is 1. The van der Waals surface area contributed by atoms with E-state index in [9.17, 15) is 0 Å². The second-order valence-electron chi connectivity index (χ2n) is 2.01. The minimum absolute atomic E-state index is 1.12. The SMILES string of the molecule is CC(Br)=Cc1ccncc1. The van der Waals surface area contributed by atoms with Crippen molar-refractivity contribution in [1.82, 2.24) is 4.98 Å². The number of pyridine rings is 1. The average molecular weight is 198 g/mol. The van der Waals surface area contributed by atoms with Crippen LogP contribution in [0.2, 0.25) is 0 Å². The summed E-state index contributed by atoms with van der Waals surface area (Å²) in [6.45, 7) is 2.00. The Labute approximate surface area is 68.9 Å². The lowest BCUT2D eigenvalue weighted by Gasteiger charge is -1.89. The van der Waals surface area contributed by atoms with Gasteiger partial charge in [-0.05, 0) is 35.2 Å². The number of nitrogens with zero attached hydrogens (tertiary/aromatic N) is 1. The van der Waals surface area contributed by atoms with Gasteiger partial charge in [0.15, 0.2) is 0 Å². The van der Waals surface area contributed by atoms with Gasteiger partial charge in [0.2, 0.25) is 0 Å². The van der Waals surface area contributed by atoms with Crippen LogP contribution in [0, 0.1) is 0 Å². The van der Waals surface area contributed by atoms with E-state index in [-0.39, 0.29) is 0 Å². The quantitative estimate of drug-likeness (QED) is 0.676. The predicted molar refractivity (Wildman–Crippen MR) is 46.8 cm³/mol. The zero-order valence-corrected chi connectivity index (χ0v) is 7.30. The number of hydrogen-bond acceptors (Lipinski definition) is 1. The largest absolute Gasteiger partial charge is 0.265 e. The third kappa shape index (κ3) is 2.31. The second kappa shape index (κ2) is 3.52. The summed E-state index contributed by atoms with van der Waals surface area (Å²) < 4.78 is 1.12. The van der Waals surface area contributed by atoms with Gasteiger partial charge in [0.1, 0.15) is 0 Å². The summed E-state index contributed by atoms with van der Waals surface area (Å²) >= 11 is 3.35. The first-order valence-corrected chi connectivity index (χ1v) is 3.82. The fraction of sp³-hybridized carbons (Fsp3) is 0.125. The van der Waals surface area contributed by atoms with Crippen LogP contribution in [0.1, 0.15) is 12.5 Å². The molecule has 0 aliphatic heterocycles. The van der Waals surface area contributed by atoms with Gasteiger partial charge >= 0.3 is 0 Å². The lowest BCUT2D eigenvalue weighted by molar-refractivity contribution is 1.32. The van der Waals surface area contributed by atoms with Crippen LogP contribution >= 0.6 is 15.9 Å². The molecule has 52 valence electrons. The zero-order valence-electron chi connectivity index (χ0n) is 5.71. The van der Waals surface area contributed by atoms with Crippen LogP contribution in [0.25, 0.3) is 6.08 Å². The summed E-state index contributed by atoms with van der Waals surface area (Å²) in [7, 11) is 0. The Bertz CT molecular complexity index is 224. The van der Waals surface area contributed by atoms with Crippen molar-refractivity contribution < 1.29 is 0 Å². The van der Waals surface area contributed by atoms with Crippen LogP contribution in [-0.4, -0.2) is 4.98 Å². The molecule has 0 aliphatic rings. The van der Waals surface area contributed by atoms with Crippen LogP contribution in [0.3, 0.4) is 0 Å². The molecule has 1 rings (SSSR count). The molecule has 0 spiro atoms. The van der Waals surface area contributed by atoms with E-state index in [0.29, 0.717) is 0 Å². The summed E-state index contributed by atoms with van der Waals surface area (Å²) in [6, 6.07) is 3.93. The normalized spacial score (nSPS) is 11.6.